The molecule has 2 aromatic carbocycles. The van der Waals surface area contributed by atoms with Crippen LogP contribution in [0.3, 0.4) is 0 Å². The molecule has 1 aliphatic rings. The number of fused-ring (bicyclic) bond motifs is 1. The Morgan fingerprint density at radius 3 is 2.56 bits per heavy atom. The van der Waals surface area contributed by atoms with Gasteiger partial charge < -0.3 is 4.74 Å². The molecule has 0 spiro atoms. The molecule has 0 bridgehead atoms. The van der Waals surface area contributed by atoms with Crippen molar-refractivity contribution in [3.63, 3.8) is 0 Å². The van der Waals surface area contributed by atoms with E-state index in [0.717, 1.165) is 11.1 Å². The van der Waals surface area contributed by atoms with Gasteiger partial charge in [0.25, 0.3) is 0 Å². The SMILES string of the molecule is O=C1[N]c2ccc(-c3ccccc3)cc2O1. The highest BCUT2D eigenvalue weighted by Crippen LogP contribution is 2.34. The number of hydrogen-bond donors (Lipinski definition) is 0. The molecule has 3 nitrogen and oxygen atoms in total. The maximum absolute atomic E-state index is 11.0. The van der Waals surface area contributed by atoms with E-state index < -0.39 is 6.09 Å². The highest BCUT2D eigenvalue weighted by Gasteiger charge is 2.21. The third-order valence-corrected chi connectivity index (χ3v) is 2.48. The standard InChI is InChI=1S/C13H8NO2/c15-13-14-11-7-6-10(8-12(11)16-13)9-4-2-1-3-5-9/h1-8H. The molecule has 2 aromatic rings. The molecule has 0 aromatic heterocycles. The molecule has 0 N–H and O–H groups in total. The van der Waals surface area contributed by atoms with E-state index in [1.165, 1.54) is 0 Å². The normalized spacial score (nSPS) is 12.9. The molecule has 1 radical (unpaired) electrons. The Morgan fingerprint density at radius 2 is 1.75 bits per heavy atom. The molecule has 0 aliphatic carbocycles. The average molecular weight is 210 g/mol. The molecule has 0 atom stereocenters. The number of benzene rings is 2. The number of ether oxygens (including phenoxy) is 1. The van der Waals surface area contributed by atoms with Crippen molar-refractivity contribution in [2.45, 2.75) is 0 Å². The highest BCUT2D eigenvalue weighted by atomic mass is 16.6. The molecule has 3 rings (SSSR count). The Labute approximate surface area is 92.7 Å². The van der Waals surface area contributed by atoms with Crippen LogP contribution < -0.4 is 10.1 Å². The lowest BCUT2D eigenvalue weighted by molar-refractivity contribution is 0.211. The fourth-order valence-electron chi connectivity index (χ4n) is 1.71. The molecule has 0 saturated heterocycles. The fraction of sp³-hybridized carbons (Fsp3) is 0. The quantitative estimate of drug-likeness (QED) is 0.725. The largest absolute Gasteiger partial charge is 0.439 e. The molecule has 1 amide bonds. The van der Waals surface area contributed by atoms with E-state index in [2.05, 4.69) is 5.32 Å². The summed E-state index contributed by atoms with van der Waals surface area (Å²) in [4.78, 5) is 11.0. The van der Waals surface area contributed by atoms with Crippen LogP contribution >= 0.6 is 0 Å². The zero-order chi connectivity index (χ0) is 11.0. The number of hydrogen-bond acceptors (Lipinski definition) is 2. The van der Waals surface area contributed by atoms with Crippen molar-refractivity contribution in [2.75, 3.05) is 0 Å². The summed E-state index contributed by atoms with van der Waals surface area (Å²) in [7, 11) is 0. The first-order valence-electron chi connectivity index (χ1n) is 4.96. The van der Waals surface area contributed by atoms with E-state index in [0.29, 0.717) is 11.4 Å². The average Bonchev–Trinajstić information content (AvgIpc) is 2.69. The predicted octanol–water partition coefficient (Wildman–Crippen LogP) is 3.10. The lowest BCUT2D eigenvalue weighted by Gasteiger charge is -2.02. The van der Waals surface area contributed by atoms with Gasteiger partial charge in [-0.15, -0.1) is 0 Å². The van der Waals surface area contributed by atoms with E-state index in [1.54, 1.807) is 6.07 Å². The van der Waals surface area contributed by atoms with Gasteiger partial charge in [-0.3, -0.25) is 0 Å². The van der Waals surface area contributed by atoms with Crippen LogP contribution in [0.15, 0.2) is 48.5 Å². The van der Waals surface area contributed by atoms with Crippen LogP contribution in [0.5, 0.6) is 5.75 Å². The van der Waals surface area contributed by atoms with Crippen molar-refractivity contribution in [2.24, 2.45) is 0 Å². The van der Waals surface area contributed by atoms with E-state index in [9.17, 15) is 4.79 Å². The van der Waals surface area contributed by atoms with E-state index >= 15 is 0 Å². The Bertz CT molecular complexity index is 549. The van der Waals surface area contributed by atoms with Crippen LogP contribution in [0, 0.1) is 0 Å². The first kappa shape index (κ1) is 8.97. The maximum atomic E-state index is 11.0. The number of carbonyl (C=O) groups is 1. The number of amides is 1. The first-order chi connectivity index (χ1) is 7.83. The molecule has 3 heteroatoms. The van der Waals surface area contributed by atoms with E-state index in [4.69, 9.17) is 4.74 Å². The number of carbonyl (C=O) groups excluding carboxylic acids is 1. The minimum Gasteiger partial charge on any atom is -0.406 e. The second kappa shape index (κ2) is 3.38. The lowest BCUT2D eigenvalue weighted by Crippen LogP contribution is -2.05. The van der Waals surface area contributed by atoms with Gasteiger partial charge in [-0.1, -0.05) is 36.4 Å². The molecule has 77 valence electrons. The first-order valence-corrected chi connectivity index (χ1v) is 4.96. The van der Waals surface area contributed by atoms with Crippen molar-refractivity contribution in [3.8, 4) is 16.9 Å². The fourth-order valence-corrected chi connectivity index (χ4v) is 1.71. The third-order valence-electron chi connectivity index (χ3n) is 2.48. The van der Waals surface area contributed by atoms with Crippen LogP contribution in [-0.4, -0.2) is 6.09 Å². The van der Waals surface area contributed by atoms with Crippen molar-refractivity contribution < 1.29 is 9.53 Å². The molecular formula is C13H8NO2. The lowest BCUT2D eigenvalue weighted by atomic mass is 10.1. The van der Waals surface area contributed by atoms with Gasteiger partial charge in [-0.05, 0) is 23.3 Å². The second-order valence-corrected chi connectivity index (χ2v) is 3.53. The van der Waals surface area contributed by atoms with Crippen molar-refractivity contribution in [1.82, 2.24) is 5.32 Å². The maximum Gasteiger partial charge on any atom is 0.439 e. The number of rotatable bonds is 1. The summed E-state index contributed by atoms with van der Waals surface area (Å²) in [5, 5.41) is 3.73. The highest BCUT2D eigenvalue weighted by molar-refractivity contribution is 5.86. The van der Waals surface area contributed by atoms with Crippen LogP contribution in [0.1, 0.15) is 0 Å². The smallest absolute Gasteiger partial charge is 0.406 e. The van der Waals surface area contributed by atoms with Gasteiger partial charge in [-0.2, -0.15) is 5.32 Å². The Balaban J connectivity index is 2.06. The van der Waals surface area contributed by atoms with Crippen LogP contribution in [0.25, 0.3) is 11.1 Å². The summed E-state index contributed by atoms with van der Waals surface area (Å²) in [5.74, 6) is 0.534. The minimum atomic E-state index is -0.541. The molecule has 0 fully saturated rings. The monoisotopic (exact) mass is 210 g/mol. The minimum absolute atomic E-state index is 0.534. The van der Waals surface area contributed by atoms with Gasteiger partial charge >= 0.3 is 6.09 Å². The predicted molar refractivity (Wildman–Crippen MR) is 59.7 cm³/mol. The molecule has 0 saturated carbocycles. The van der Waals surface area contributed by atoms with Gasteiger partial charge in [0.2, 0.25) is 0 Å². The molecule has 1 heterocycles. The topological polar surface area (TPSA) is 40.4 Å². The summed E-state index contributed by atoms with van der Waals surface area (Å²) in [6, 6.07) is 15.5. The summed E-state index contributed by atoms with van der Waals surface area (Å²) < 4.78 is 4.96. The molecular weight excluding hydrogens is 202 g/mol. The summed E-state index contributed by atoms with van der Waals surface area (Å²) >= 11 is 0. The van der Waals surface area contributed by atoms with Gasteiger partial charge in [0.05, 0.1) is 0 Å². The van der Waals surface area contributed by atoms with E-state index in [-0.39, 0.29) is 0 Å². The summed E-state index contributed by atoms with van der Waals surface area (Å²) in [6.45, 7) is 0. The van der Waals surface area contributed by atoms with Crippen LogP contribution in [0.4, 0.5) is 10.5 Å². The Morgan fingerprint density at radius 1 is 0.938 bits per heavy atom. The van der Waals surface area contributed by atoms with Crippen LogP contribution in [0.2, 0.25) is 0 Å². The van der Waals surface area contributed by atoms with Crippen LogP contribution in [-0.2, 0) is 0 Å². The molecule has 0 unspecified atom stereocenters. The van der Waals surface area contributed by atoms with Gasteiger partial charge in [-0.25, -0.2) is 4.79 Å². The zero-order valence-electron chi connectivity index (χ0n) is 8.38. The van der Waals surface area contributed by atoms with E-state index in [1.807, 2.05) is 42.5 Å². The Kier molecular flexibility index (Phi) is 1.90. The zero-order valence-corrected chi connectivity index (χ0v) is 8.38. The molecule has 16 heavy (non-hydrogen) atoms. The second-order valence-electron chi connectivity index (χ2n) is 3.53. The van der Waals surface area contributed by atoms with Crippen molar-refractivity contribution >= 4 is 11.8 Å². The van der Waals surface area contributed by atoms with Gasteiger partial charge in [0.15, 0.2) is 5.75 Å². The Hall–Kier alpha value is -2.29. The third kappa shape index (κ3) is 1.42. The van der Waals surface area contributed by atoms with Gasteiger partial charge in [0, 0.05) is 0 Å². The van der Waals surface area contributed by atoms with Gasteiger partial charge in [0.1, 0.15) is 5.69 Å². The summed E-state index contributed by atoms with van der Waals surface area (Å²) in [5.41, 5.74) is 2.71. The summed E-state index contributed by atoms with van der Waals surface area (Å²) in [6.07, 6.45) is -0.541. The van der Waals surface area contributed by atoms with Crippen molar-refractivity contribution in [3.05, 3.63) is 48.5 Å². The van der Waals surface area contributed by atoms with Crippen molar-refractivity contribution in [1.29, 1.82) is 0 Å². The number of nitrogens with zero attached hydrogens (tertiary/aromatic N) is 1. The molecule has 1 aliphatic heterocycles.